The summed E-state index contributed by atoms with van der Waals surface area (Å²) in [6.07, 6.45) is 0. The van der Waals surface area contributed by atoms with E-state index in [1.165, 1.54) is 0 Å². The number of rotatable bonds is 3. The van der Waals surface area contributed by atoms with Crippen LogP contribution >= 0.6 is 12.2 Å². The summed E-state index contributed by atoms with van der Waals surface area (Å²) in [5.74, 6) is -0.0279. The van der Waals surface area contributed by atoms with E-state index in [0.29, 0.717) is 6.54 Å². The molecule has 1 amide bonds. The lowest BCUT2D eigenvalue weighted by Crippen LogP contribution is -2.28. The number of isothiocyanates is 1. The smallest absolute Gasteiger partial charge is 0.244 e. The fourth-order valence-corrected chi connectivity index (χ4v) is 0.462. The topological polar surface area (TPSA) is 32.7 Å². The molecule has 0 bridgehead atoms. The van der Waals surface area contributed by atoms with E-state index in [0.717, 1.165) is 0 Å². The van der Waals surface area contributed by atoms with Gasteiger partial charge in [0.2, 0.25) is 5.91 Å². The number of hydrogen-bond acceptors (Lipinski definition) is 3. The van der Waals surface area contributed by atoms with E-state index in [-0.39, 0.29) is 12.5 Å². The number of likely N-dealkylation sites (N-methyl/N-ethyl adjacent to an activating group) is 1. The molecule has 0 aromatic heterocycles. The molecule has 0 atom stereocenters. The summed E-state index contributed by atoms with van der Waals surface area (Å²) in [7, 11) is 1.72. The highest BCUT2D eigenvalue weighted by molar-refractivity contribution is 7.78. The second-order valence-electron chi connectivity index (χ2n) is 1.82. The van der Waals surface area contributed by atoms with Crippen molar-refractivity contribution in [2.24, 2.45) is 4.99 Å². The highest BCUT2D eigenvalue weighted by atomic mass is 32.1. The Bertz CT molecular complexity index is 163. The summed E-state index contributed by atoms with van der Waals surface area (Å²) in [6, 6.07) is 0. The summed E-state index contributed by atoms with van der Waals surface area (Å²) >= 11 is 4.31. The first-order valence-corrected chi connectivity index (χ1v) is 3.40. The number of carbonyl (C=O) groups is 1. The summed E-state index contributed by atoms with van der Waals surface area (Å²) < 4.78 is 0. The van der Waals surface area contributed by atoms with Crippen molar-refractivity contribution >= 4 is 23.3 Å². The third-order valence-corrected chi connectivity index (χ3v) is 1.31. The molecule has 0 saturated heterocycles. The molecular formula is C6H10N2OS. The van der Waals surface area contributed by atoms with Crippen LogP contribution in [0.3, 0.4) is 0 Å². The second-order valence-corrected chi connectivity index (χ2v) is 2.00. The van der Waals surface area contributed by atoms with E-state index in [1.807, 2.05) is 6.92 Å². The molecule has 0 spiro atoms. The van der Waals surface area contributed by atoms with Crippen LogP contribution in [-0.2, 0) is 4.79 Å². The van der Waals surface area contributed by atoms with Crippen molar-refractivity contribution in [2.75, 3.05) is 20.1 Å². The van der Waals surface area contributed by atoms with Gasteiger partial charge >= 0.3 is 0 Å². The van der Waals surface area contributed by atoms with Crippen LogP contribution in [-0.4, -0.2) is 36.1 Å². The SMILES string of the molecule is CCN(C)C(=O)CN=C=S. The molecular weight excluding hydrogens is 148 g/mol. The Morgan fingerprint density at radius 3 is 2.80 bits per heavy atom. The van der Waals surface area contributed by atoms with Gasteiger partial charge in [-0.15, -0.1) is 0 Å². The van der Waals surface area contributed by atoms with E-state index >= 15 is 0 Å². The van der Waals surface area contributed by atoms with Crippen LogP contribution < -0.4 is 0 Å². The average molecular weight is 158 g/mol. The molecule has 0 rings (SSSR count). The Balaban J connectivity index is 3.72. The van der Waals surface area contributed by atoms with Gasteiger partial charge in [0.05, 0.1) is 5.16 Å². The number of carbonyl (C=O) groups excluding carboxylic acids is 1. The highest BCUT2D eigenvalue weighted by Gasteiger charge is 2.02. The van der Waals surface area contributed by atoms with Gasteiger partial charge in [-0.05, 0) is 19.1 Å². The molecule has 10 heavy (non-hydrogen) atoms. The van der Waals surface area contributed by atoms with E-state index in [4.69, 9.17) is 0 Å². The minimum Gasteiger partial charge on any atom is -0.344 e. The molecule has 0 saturated carbocycles. The van der Waals surface area contributed by atoms with Crippen molar-refractivity contribution in [1.82, 2.24) is 4.90 Å². The summed E-state index contributed by atoms with van der Waals surface area (Å²) in [4.78, 5) is 16.0. The van der Waals surface area contributed by atoms with Crippen molar-refractivity contribution in [3.05, 3.63) is 0 Å². The standard InChI is InChI=1S/C6H10N2OS/c1-3-8(2)6(9)4-7-5-10/h3-4H2,1-2H3. The predicted octanol–water partition coefficient (Wildman–Crippen LogP) is 0.568. The zero-order valence-electron chi connectivity index (χ0n) is 6.13. The highest BCUT2D eigenvalue weighted by Crippen LogP contribution is 1.82. The number of nitrogens with zero attached hydrogens (tertiary/aromatic N) is 2. The number of thiocarbonyl (C=S) groups is 1. The zero-order valence-corrected chi connectivity index (χ0v) is 6.94. The van der Waals surface area contributed by atoms with E-state index in [2.05, 4.69) is 22.4 Å². The third kappa shape index (κ3) is 3.33. The van der Waals surface area contributed by atoms with Gasteiger partial charge in [0.1, 0.15) is 6.54 Å². The summed E-state index contributed by atoms with van der Waals surface area (Å²) in [6.45, 7) is 2.72. The van der Waals surface area contributed by atoms with Crippen LogP contribution in [0.2, 0.25) is 0 Å². The molecule has 4 heteroatoms. The molecule has 0 aromatic rings. The Morgan fingerprint density at radius 1 is 1.80 bits per heavy atom. The van der Waals surface area contributed by atoms with Crippen molar-refractivity contribution in [1.29, 1.82) is 0 Å². The molecule has 0 aromatic carbocycles. The zero-order chi connectivity index (χ0) is 7.98. The maximum Gasteiger partial charge on any atom is 0.244 e. The predicted molar refractivity (Wildman–Crippen MR) is 43.2 cm³/mol. The molecule has 3 nitrogen and oxygen atoms in total. The fourth-order valence-electron chi connectivity index (χ4n) is 0.397. The third-order valence-electron chi connectivity index (χ3n) is 1.18. The largest absolute Gasteiger partial charge is 0.344 e. The van der Waals surface area contributed by atoms with Gasteiger partial charge in [0.25, 0.3) is 0 Å². The van der Waals surface area contributed by atoms with Gasteiger partial charge in [-0.1, -0.05) is 0 Å². The lowest BCUT2D eigenvalue weighted by atomic mass is 10.5. The lowest BCUT2D eigenvalue weighted by molar-refractivity contribution is -0.128. The Hall–Kier alpha value is -0.730. The molecule has 0 aliphatic carbocycles. The molecule has 0 unspecified atom stereocenters. The first-order chi connectivity index (χ1) is 4.72. The van der Waals surface area contributed by atoms with Gasteiger partial charge < -0.3 is 4.90 Å². The summed E-state index contributed by atoms with van der Waals surface area (Å²) in [5, 5.41) is 2.14. The van der Waals surface area contributed by atoms with Gasteiger partial charge in [0, 0.05) is 13.6 Å². The van der Waals surface area contributed by atoms with Crippen molar-refractivity contribution in [3.8, 4) is 0 Å². The van der Waals surface area contributed by atoms with Crippen molar-refractivity contribution in [3.63, 3.8) is 0 Å². The Labute approximate surface area is 65.7 Å². The summed E-state index contributed by atoms with van der Waals surface area (Å²) in [5.41, 5.74) is 0. The maximum atomic E-state index is 10.9. The van der Waals surface area contributed by atoms with Crippen LogP contribution in [0, 0.1) is 0 Å². The maximum absolute atomic E-state index is 10.9. The molecule has 0 fully saturated rings. The molecule has 56 valence electrons. The quantitative estimate of drug-likeness (QED) is 0.444. The minimum atomic E-state index is -0.0279. The monoisotopic (exact) mass is 158 g/mol. The Kier molecular flexibility index (Phi) is 4.72. The van der Waals surface area contributed by atoms with E-state index in [1.54, 1.807) is 11.9 Å². The minimum absolute atomic E-state index is 0.0279. The van der Waals surface area contributed by atoms with E-state index < -0.39 is 0 Å². The first-order valence-electron chi connectivity index (χ1n) is 3.00. The average Bonchev–Trinajstić information content (AvgIpc) is 1.98. The Morgan fingerprint density at radius 2 is 2.40 bits per heavy atom. The van der Waals surface area contributed by atoms with Crippen molar-refractivity contribution in [2.45, 2.75) is 6.92 Å². The van der Waals surface area contributed by atoms with Crippen LogP contribution in [0.1, 0.15) is 6.92 Å². The number of hydrogen-bond donors (Lipinski definition) is 0. The van der Waals surface area contributed by atoms with Crippen LogP contribution in [0.25, 0.3) is 0 Å². The first kappa shape index (κ1) is 9.27. The number of amides is 1. The molecule has 0 aliphatic heterocycles. The molecule has 0 N–H and O–H groups in total. The van der Waals surface area contributed by atoms with Gasteiger partial charge in [-0.3, -0.25) is 4.79 Å². The molecule has 0 aliphatic rings. The van der Waals surface area contributed by atoms with Gasteiger partial charge in [-0.25, -0.2) is 4.99 Å². The van der Waals surface area contributed by atoms with Gasteiger partial charge in [0.15, 0.2) is 0 Å². The van der Waals surface area contributed by atoms with Gasteiger partial charge in [-0.2, -0.15) is 0 Å². The van der Waals surface area contributed by atoms with Crippen LogP contribution in [0.4, 0.5) is 0 Å². The normalized spacial score (nSPS) is 8.20. The lowest BCUT2D eigenvalue weighted by Gasteiger charge is -2.11. The van der Waals surface area contributed by atoms with Crippen molar-refractivity contribution < 1.29 is 4.79 Å². The fraction of sp³-hybridized carbons (Fsp3) is 0.667. The number of aliphatic imine (C=N–C) groups is 1. The molecule has 0 heterocycles. The second kappa shape index (κ2) is 5.09. The van der Waals surface area contributed by atoms with Crippen LogP contribution in [0.15, 0.2) is 4.99 Å². The molecule has 0 radical (unpaired) electrons. The van der Waals surface area contributed by atoms with Crippen LogP contribution in [0.5, 0.6) is 0 Å². The van der Waals surface area contributed by atoms with E-state index in [9.17, 15) is 4.79 Å².